The largest absolute Gasteiger partial charge is 0.391 e. The quantitative estimate of drug-likeness (QED) is 0.888. The van der Waals surface area contributed by atoms with E-state index in [4.69, 9.17) is 0 Å². The van der Waals surface area contributed by atoms with Crippen LogP contribution in [0.3, 0.4) is 0 Å². The number of hydrogen-bond donors (Lipinski definition) is 1. The van der Waals surface area contributed by atoms with E-state index in [1.807, 2.05) is 6.20 Å². The molecule has 2 rings (SSSR count). The first-order chi connectivity index (χ1) is 7.15. The zero-order valence-electron chi connectivity index (χ0n) is 8.73. The summed E-state index contributed by atoms with van der Waals surface area (Å²) in [5, 5.41) is 9.63. The van der Waals surface area contributed by atoms with Gasteiger partial charge in [-0.1, -0.05) is 6.92 Å². The highest BCUT2D eigenvalue weighted by molar-refractivity contribution is 9.10. The van der Waals surface area contributed by atoms with Gasteiger partial charge in [-0.2, -0.15) is 0 Å². The maximum absolute atomic E-state index is 9.63. The van der Waals surface area contributed by atoms with Crippen LogP contribution in [0.4, 0.5) is 0 Å². The van der Waals surface area contributed by atoms with Crippen LogP contribution in [0.25, 0.3) is 0 Å². The fourth-order valence-corrected chi connectivity index (χ4v) is 2.39. The minimum Gasteiger partial charge on any atom is -0.391 e. The molecule has 1 aromatic rings. The van der Waals surface area contributed by atoms with Gasteiger partial charge in [0, 0.05) is 36.5 Å². The molecule has 82 valence electrons. The van der Waals surface area contributed by atoms with E-state index in [0.29, 0.717) is 5.92 Å². The van der Waals surface area contributed by atoms with Crippen LogP contribution in [0.15, 0.2) is 22.9 Å². The van der Waals surface area contributed by atoms with Gasteiger partial charge in [-0.05, 0) is 33.5 Å². The normalized spacial score (nSPS) is 27.1. The molecule has 1 aliphatic heterocycles. The number of rotatable bonds is 2. The first-order valence-electron chi connectivity index (χ1n) is 5.15. The lowest BCUT2D eigenvalue weighted by Gasteiger charge is -2.14. The molecular formula is C11H15BrN2O. The zero-order chi connectivity index (χ0) is 10.8. The first-order valence-corrected chi connectivity index (χ1v) is 5.94. The molecule has 0 radical (unpaired) electrons. The Hall–Kier alpha value is -0.450. The second-order valence-corrected chi connectivity index (χ2v) is 5.17. The van der Waals surface area contributed by atoms with Gasteiger partial charge in [0.1, 0.15) is 0 Å². The summed E-state index contributed by atoms with van der Waals surface area (Å²) in [6.07, 6.45) is 3.48. The van der Waals surface area contributed by atoms with Crippen LogP contribution in [-0.2, 0) is 6.54 Å². The average molecular weight is 271 g/mol. The Balaban J connectivity index is 1.98. The Morgan fingerprint density at radius 3 is 2.93 bits per heavy atom. The monoisotopic (exact) mass is 270 g/mol. The fourth-order valence-electron chi connectivity index (χ4n) is 1.98. The van der Waals surface area contributed by atoms with Crippen LogP contribution in [0.5, 0.6) is 0 Å². The van der Waals surface area contributed by atoms with Gasteiger partial charge in [0.15, 0.2) is 0 Å². The van der Waals surface area contributed by atoms with Crippen molar-refractivity contribution < 1.29 is 5.11 Å². The fraction of sp³-hybridized carbons (Fsp3) is 0.545. The summed E-state index contributed by atoms with van der Waals surface area (Å²) in [6.45, 7) is 4.69. The molecule has 1 fully saturated rings. The number of likely N-dealkylation sites (tertiary alicyclic amines) is 1. The number of β-amino-alcohol motifs (C(OH)–C–C–N with tert-alkyl or cyclic N) is 1. The van der Waals surface area contributed by atoms with E-state index >= 15 is 0 Å². The summed E-state index contributed by atoms with van der Waals surface area (Å²) in [6, 6.07) is 2.07. The molecule has 1 N–H and O–H groups in total. The number of halogens is 1. The summed E-state index contributed by atoms with van der Waals surface area (Å²) in [7, 11) is 0. The van der Waals surface area contributed by atoms with Gasteiger partial charge in [0.05, 0.1) is 6.10 Å². The molecular weight excluding hydrogens is 256 g/mol. The van der Waals surface area contributed by atoms with Crippen molar-refractivity contribution in [3.8, 4) is 0 Å². The number of aliphatic hydroxyl groups excluding tert-OH is 1. The molecule has 1 aromatic heterocycles. The van der Waals surface area contributed by atoms with Crippen molar-refractivity contribution in [2.75, 3.05) is 13.1 Å². The van der Waals surface area contributed by atoms with Crippen molar-refractivity contribution >= 4 is 15.9 Å². The van der Waals surface area contributed by atoms with E-state index < -0.39 is 0 Å². The molecule has 2 heterocycles. The lowest BCUT2D eigenvalue weighted by Crippen LogP contribution is -2.21. The number of aliphatic hydroxyl groups is 1. The highest BCUT2D eigenvalue weighted by atomic mass is 79.9. The topological polar surface area (TPSA) is 36.4 Å². The van der Waals surface area contributed by atoms with Crippen LogP contribution < -0.4 is 0 Å². The molecule has 2 atom stereocenters. The highest BCUT2D eigenvalue weighted by Gasteiger charge is 2.27. The molecule has 15 heavy (non-hydrogen) atoms. The van der Waals surface area contributed by atoms with Crippen molar-refractivity contribution in [2.24, 2.45) is 5.92 Å². The van der Waals surface area contributed by atoms with Crippen molar-refractivity contribution in [3.63, 3.8) is 0 Å². The van der Waals surface area contributed by atoms with Crippen LogP contribution in [0.1, 0.15) is 12.5 Å². The van der Waals surface area contributed by atoms with E-state index in [9.17, 15) is 5.11 Å². The van der Waals surface area contributed by atoms with Crippen LogP contribution in [0, 0.1) is 5.92 Å². The third-order valence-electron chi connectivity index (χ3n) is 2.82. The molecule has 0 amide bonds. The second-order valence-electron chi connectivity index (χ2n) is 4.25. The van der Waals surface area contributed by atoms with Gasteiger partial charge < -0.3 is 5.11 Å². The van der Waals surface area contributed by atoms with Crippen molar-refractivity contribution in [3.05, 3.63) is 28.5 Å². The smallest absolute Gasteiger partial charge is 0.0704 e. The SMILES string of the molecule is CC1CN(Cc2cncc(Br)c2)CC1O. The summed E-state index contributed by atoms with van der Waals surface area (Å²) in [4.78, 5) is 6.39. The van der Waals surface area contributed by atoms with Crippen molar-refractivity contribution in [1.82, 2.24) is 9.88 Å². The molecule has 0 aromatic carbocycles. The Morgan fingerprint density at radius 2 is 2.33 bits per heavy atom. The Morgan fingerprint density at radius 1 is 1.53 bits per heavy atom. The van der Waals surface area contributed by atoms with Gasteiger partial charge in [-0.3, -0.25) is 9.88 Å². The predicted molar refractivity (Wildman–Crippen MR) is 62.4 cm³/mol. The average Bonchev–Trinajstić information content (AvgIpc) is 2.45. The number of nitrogens with zero attached hydrogens (tertiary/aromatic N) is 2. The van der Waals surface area contributed by atoms with Gasteiger partial charge >= 0.3 is 0 Å². The Kier molecular flexibility index (Phi) is 3.38. The molecule has 0 aliphatic carbocycles. The van der Waals surface area contributed by atoms with E-state index in [1.165, 1.54) is 5.56 Å². The van der Waals surface area contributed by atoms with E-state index in [0.717, 1.165) is 24.1 Å². The molecule has 0 bridgehead atoms. The Labute approximate surface area is 98.3 Å². The third-order valence-corrected chi connectivity index (χ3v) is 3.25. The molecule has 2 unspecified atom stereocenters. The Bertz CT molecular complexity index is 335. The van der Waals surface area contributed by atoms with E-state index in [1.54, 1.807) is 6.20 Å². The lowest BCUT2D eigenvalue weighted by molar-refractivity contribution is 0.147. The summed E-state index contributed by atoms with van der Waals surface area (Å²) < 4.78 is 1.01. The molecule has 0 spiro atoms. The van der Waals surface area contributed by atoms with Gasteiger partial charge in [0.2, 0.25) is 0 Å². The number of aromatic nitrogens is 1. The molecule has 3 nitrogen and oxygen atoms in total. The van der Waals surface area contributed by atoms with Gasteiger partial charge in [-0.25, -0.2) is 0 Å². The number of hydrogen-bond acceptors (Lipinski definition) is 3. The third kappa shape index (κ3) is 2.77. The van der Waals surface area contributed by atoms with Crippen LogP contribution in [-0.4, -0.2) is 34.2 Å². The molecule has 4 heteroatoms. The van der Waals surface area contributed by atoms with E-state index in [2.05, 4.69) is 38.8 Å². The van der Waals surface area contributed by atoms with Gasteiger partial charge in [-0.15, -0.1) is 0 Å². The van der Waals surface area contributed by atoms with Gasteiger partial charge in [0.25, 0.3) is 0 Å². The lowest BCUT2D eigenvalue weighted by atomic mass is 10.1. The maximum Gasteiger partial charge on any atom is 0.0704 e. The van der Waals surface area contributed by atoms with Crippen LogP contribution >= 0.6 is 15.9 Å². The zero-order valence-corrected chi connectivity index (χ0v) is 10.3. The van der Waals surface area contributed by atoms with Crippen molar-refractivity contribution in [2.45, 2.75) is 19.6 Å². The minimum atomic E-state index is -0.176. The highest BCUT2D eigenvalue weighted by Crippen LogP contribution is 2.19. The summed E-state index contributed by atoms with van der Waals surface area (Å²) >= 11 is 3.40. The summed E-state index contributed by atoms with van der Waals surface area (Å²) in [5.74, 6) is 0.380. The van der Waals surface area contributed by atoms with Crippen LogP contribution in [0.2, 0.25) is 0 Å². The predicted octanol–water partition coefficient (Wildman–Crippen LogP) is 1.66. The van der Waals surface area contributed by atoms with E-state index in [-0.39, 0.29) is 6.10 Å². The maximum atomic E-state index is 9.63. The standard InChI is InChI=1S/C11H15BrN2O/c1-8-5-14(7-11(8)15)6-9-2-10(12)4-13-3-9/h2-4,8,11,15H,5-7H2,1H3. The minimum absolute atomic E-state index is 0.176. The second kappa shape index (κ2) is 4.60. The first kappa shape index (κ1) is 11.0. The molecule has 1 aliphatic rings. The molecule has 0 saturated carbocycles. The van der Waals surface area contributed by atoms with Crippen molar-refractivity contribution in [1.29, 1.82) is 0 Å². The summed E-state index contributed by atoms with van der Waals surface area (Å²) in [5.41, 5.74) is 1.19. The molecule has 1 saturated heterocycles. The number of pyridine rings is 1.